The first-order valence-electron chi connectivity index (χ1n) is 8.28. The molecular formula is C16H28N2O. The average molecular weight is 264 g/mol. The fourth-order valence-corrected chi connectivity index (χ4v) is 4.76. The summed E-state index contributed by atoms with van der Waals surface area (Å²) in [5.74, 6) is 2.76. The molecule has 3 saturated carbocycles. The van der Waals surface area contributed by atoms with Crippen molar-refractivity contribution in [3.63, 3.8) is 0 Å². The Hall–Kier alpha value is -0.570. The van der Waals surface area contributed by atoms with Crippen LogP contribution in [0.2, 0.25) is 0 Å². The molecule has 3 N–H and O–H groups in total. The topological polar surface area (TPSA) is 55.1 Å². The molecule has 0 spiro atoms. The van der Waals surface area contributed by atoms with Crippen LogP contribution in [0.3, 0.4) is 0 Å². The summed E-state index contributed by atoms with van der Waals surface area (Å²) in [6.45, 7) is 0.608. The monoisotopic (exact) mass is 264 g/mol. The van der Waals surface area contributed by atoms with Crippen LogP contribution in [0.15, 0.2) is 0 Å². The number of fused-ring (bicyclic) bond motifs is 2. The molecule has 2 bridgehead atoms. The molecule has 1 amide bonds. The minimum atomic E-state index is 0.229. The molecule has 0 aliphatic heterocycles. The van der Waals surface area contributed by atoms with Crippen LogP contribution in [-0.4, -0.2) is 18.5 Å². The van der Waals surface area contributed by atoms with E-state index >= 15 is 0 Å². The molecule has 3 fully saturated rings. The number of hydrogen-bond donors (Lipinski definition) is 2. The summed E-state index contributed by atoms with van der Waals surface area (Å²) in [5.41, 5.74) is 5.91. The highest BCUT2D eigenvalue weighted by atomic mass is 16.2. The maximum Gasteiger partial charge on any atom is 0.223 e. The molecule has 3 aliphatic rings. The number of nitrogens with two attached hydrogens (primary N) is 1. The summed E-state index contributed by atoms with van der Waals surface area (Å²) in [7, 11) is 0. The molecule has 4 unspecified atom stereocenters. The SMILES string of the molecule is NCC(NC(=O)C1CC2CCC1C2)C1CCCCC1. The lowest BCUT2D eigenvalue weighted by Gasteiger charge is -2.32. The van der Waals surface area contributed by atoms with Crippen molar-refractivity contribution in [2.75, 3.05) is 6.54 Å². The highest BCUT2D eigenvalue weighted by Crippen LogP contribution is 2.48. The predicted molar refractivity (Wildman–Crippen MR) is 76.5 cm³/mol. The van der Waals surface area contributed by atoms with E-state index in [9.17, 15) is 4.79 Å². The minimum Gasteiger partial charge on any atom is -0.352 e. The van der Waals surface area contributed by atoms with Gasteiger partial charge in [0.1, 0.15) is 0 Å². The van der Waals surface area contributed by atoms with Crippen LogP contribution >= 0.6 is 0 Å². The number of carbonyl (C=O) groups excluding carboxylic acids is 1. The Morgan fingerprint density at radius 3 is 2.47 bits per heavy atom. The highest BCUT2D eigenvalue weighted by Gasteiger charge is 2.43. The normalized spacial score (nSPS) is 36.4. The Bertz CT molecular complexity index is 325. The van der Waals surface area contributed by atoms with Gasteiger partial charge in [-0.2, -0.15) is 0 Å². The number of carbonyl (C=O) groups is 1. The molecule has 3 heteroatoms. The summed E-state index contributed by atoms with van der Waals surface area (Å²) in [6.07, 6.45) is 11.5. The lowest BCUT2D eigenvalue weighted by molar-refractivity contribution is -0.127. The van der Waals surface area contributed by atoms with Crippen molar-refractivity contribution in [3.8, 4) is 0 Å². The molecule has 0 aromatic heterocycles. The third kappa shape index (κ3) is 2.81. The fraction of sp³-hybridized carbons (Fsp3) is 0.938. The van der Waals surface area contributed by atoms with E-state index in [1.165, 1.54) is 51.4 Å². The zero-order valence-corrected chi connectivity index (χ0v) is 11.9. The fourth-order valence-electron chi connectivity index (χ4n) is 4.76. The molecule has 108 valence electrons. The van der Waals surface area contributed by atoms with E-state index in [0.717, 1.165) is 12.3 Å². The second-order valence-electron chi connectivity index (χ2n) is 7.03. The van der Waals surface area contributed by atoms with Crippen molar-refractivity contribution in [2.45, 2.75) is 63.8 Å². The van der Waals surface area contributed by atoms with Crippen molar-refractivity contribution in [1.82, 2.24) is 5.32 Å². The van der Waals surface area contributed by atoms with Gasteiger partial charge in [0.15, 0.2) is 0 Å². The number of rotatable bonds is 4. The maximum atomic E-state index is 12.5. The van der Waals surface area contributed by atoms with Crippen LogP contribution in [0.1, 0.15) is 57.8 Å². The van der Waals surface area contributed by atoms with Gasteiger partial charge in [0, 0.05) is 18.5 Å². The third-order valence-corrected chi connectivity index (χ3v) is 5.88. The summed E-state index contributed by atoms with van der Waals surface area (Å²) < 4.78 is 0. The molecule has 0 aromatic rings. The van der Waals surface area contributed by atoms with Crippen LogP contribution in [0.25, 0.3) is 0 Å². The quantitative estimate of drug-likeness (QED) is 0.819. The van der Waals surface area contributed by atoms with E-state index < -0.39 is 0 Å². The minimum absolute atomic E-state index is 0.229. The van der Waals surface area contributed by atoms with Crippen LogP contribution < -0.4 is 11.1 Å². The number of amides is 1. The Labute approximate surface area is 116 Å². The number of nitrogens with one attached hydrogen (secondary N) is 1. The van der Waals surface area contributed by atoms with Crippen molar-refractivity contribution in [1.29, 1.82) is 0 Å². The van der Waals surface area contributed by atoms with Gasteiger partial charge in [0.25, 0.3) is 0 Å². The first kappa shape index (κ1) is 13.4. The van der Waals surface area contributed by atoms with E-state index in [4.69, 9.17) is 5.73 Å². The van der Waals surface area contributed by atoms with Crippen molar-refractivity contribution in [3.05, 3.63) is 0 Å². The molecular weight excluding hydrogens is 236 g/mol. The second-order valence-corrected chi connectivity index (χ2v) is 7.03. The maximum absolute atomic E-state index is 12.5. The smallest absolute Gasteiger partial charge is 0.223 e. The van der Waals surface area contributed by atoms with Crippen molar-refractivity contribution < 1.29 is 4.79 Å². The Kier molecular flexibility index (Phi) is 4.11. The molecule has 3 rings (SSSR count). The van der Waals surface area contributed by atoms with Gasteiger partial charge in [0.05, 0.1) is 0 Å². The van der Waals surface area contributed by atoms with Gasteiger partial charge in [-0.05, 0) is 49.9 Å². The Morgan fingerprint density at radius 1 is 1.11 bits per heavy atom. The van der Waals surface area contributed by atoms with E-state index in [0.29, 0.717) is 30.2 Å². The Morgan fingerprint density at radius 2 is 1.89 bits per heavy atom. The van der Waals surface area contributed by atoms with Gasteiger partial charge < -0.3 is 11.1 Å². The van der Waals surface area contributed by atoms with Gasteiger partial charge >= 0.3 is 0 Å². The predicted octanol–water partition coefficient (Wildman–Crippen LogP) is 2.45. The van der Waals surface area contributed by atoms with E-state index in [1.54, 1.807) is 0 Å². The van der Waals surface area contributed by atoms with Gasteiger partial charge in [-0.15, -0.1) is 0 Å². The Balaban J connectivity index is 1.55. The molecule has 0 radical (unpaired) electrons. The largest absolute Gasteiger partial charge is 0.352 e. The standard InChI is InChI=1S/C16H28N2O/c17-10-15(12-4-2-1-3-5-12)18-16(19)14-9-11-6-7-13(14)8-11/h11-15H,1-10,17H2,(H,18,19). The van der Waals surface area contributed by atoms with E-state index in [1.807, 2.05) is 0 Å². The van der Waals surface area contributed by atoms with E-state index in [2.05, 4.69) is 5.32 Å². The first-order valence-corrected chi connectivity index (χ1v) is 8.28. The molecule has 4 atom stereocenters. The van der Waals surface area contributed by atoms with Crippen LogP contribution in [-0.2, 0) is 4.79 Å². The molecule has 0 heterocycles. The zero-order valence-electron chi connectivity index (χ0n) is 11.9. The molecule has 3 nitrogen and oxygen atoms in total. The highest BCUT2D eigenvalue weighted by molar-refractivity contribution is 5.79. The summed E-state index contributed by atoms with van der Waals surface area (Å²) in [6, 6.07) is 0.229. The van der Waals surface area contributed by atoms with Crippen molar-refractivity contribution in [2.24, 2.45) is 29.4 Å². The third-order valence-electron chi connectivity index (χ3n) is 5.88. The molecule has 0 aromatic carbocycles. The summed E-state index contributed by atoms with van der Waals surface area (Å²) in [4.78, 5) is 12.5. The molecule has 3 aliphatic carbocycles. The van der Waals surface area contributed by atoms with Gasteiger partial charge in [-0.1, -0.05) is 25.7 Å². The number of hydrogen-bond acceptors (Lipinski definition) is 2. The van der Waals surface area contributed by atoms with E-state index in [-0.39, 0.29) is 6.04 Å². The van der Waals surface area contributed by atoms with Gasteiger partial charge in [-0.3, -0.25) is 4.79 Å². The summed E-state index contributed by atoms with van der Waals surface area (Å²) in [5, 5.41) is 3.30. The van der Waals surface area contributed by atoms with Gasteiger partial charge in [-0.25, -0.2) is 0 Å². The van der Waals surface area contributed by atoms with Crippen LogP contribution in [0.5, 0.6) is 0 Å². The van der Waals surface area contributed by atoms with Crippen LogP contribution in [0, 0.1) is 23.7 Å². The van der Waals surface area contributed by atoms with Gasteiger partial charge in [0.2, 0.25) is 5.91 Å². The lowest BCUT2D eigenvalue weighted by Crippen LogP contribution is -2.48. The first-order chi connectivity index (χ1) is 9.28. The summed E-state index contributed by atoms with van der Waals surface area (Å²) >= 11 is 0. The zero-order chi connectivity index (χ0) is 13.2. The van der Waals surface area contributed by atoms with Crippen molar-refractivity contribution >= 4 is 5.91 Å². The molecule has 0 saturated heterocycles. The second kappa shape index (κ2) is 5.82. The van der Waals surface area contributed by atoms with Crippen LogP contribution in [0.4, 0.5) is 0 Å². The average Bonchev–Trinajstić information content (AvgIpc) is 3.08. The lowest BCUT2D eigenvalue weighted by atomic mass is 9.83. The molecule has 19 heavy (non-hydrogen) atoms.